The third kappa shape index (κ3) is 2.48. The van der Waals surface area contributed by atoms with Crippen molar-refractivity contribution in [1.82, 2.24) is 9.97 Å². The van der Waals surface area contributed by atoms with E-state index in [1.165, 1.54) is 25.7 Å². The number of anilines is 2. The topological polar surface area (TPSA) is 55.0 Å². The summed E-state index contributed by atoms with van der Waals surface area (Å²) in [4.78, 5) is 11.0. The molecule has 2 bridgehead atoms. The number of nitrogens with zero attached hydrogens (tertiary/aromatic N) is 3. The Morgan fingerprint density at radius 3 is 2.80 bits per heavy atom. The highest BCUT2D eigenvalue weighted by Crippen LogP contribution is 2.48. The van der Waals surface area contributed by atoms with Crippen LogP contribution in [0.1, 0.15) is 44.6 Å². The lowest BCUT2D eigenvalue weighted by Crippen LogP contribution is -2.30. The summed E-state index contributed by atoms with van der Waals surface area (Å²) in [6.07, 6.45) is 9.42. The Balaban J connectivity index is 1.73. The molecule has 0 radical (unpaired) electrons. The van der Waals surface area contributed by atoms with E-state index in [-0.39, 0.29) is 0 Å². The first-order chi connectivity index (χ1) is 9.69. The van der Waals surface area contributed by atoms with E-state index >= 15 is 0 Å². The molecule has 0 saturated heterocycles. The van der Waals surface area contributed by atoms with Crippen molar-refractivity contribution in [2.45, 2.75) is 45.4 Å². The molecule has 4 heteroatoms. The Hall–Kier alpha value is -1.32. The number of aromatic nitrogens is 2. The maximum absolute atomic E-state index is 6.04. The van der Waals surface area contributed by atoms with Crippen LogP contribution in [0.15, 0.2) is 6.33 Å². The third-order valence-electron chi connectivity index (χ3n) is 5.21. The van der Waals surface area contributed by atoms with Crippen molar-refractivity contribution >= 4 is 11.6 Å². The summed E-state index contributed by atoms with van der Waals surface area (Å²) in [6.45, 7) is 3.29. The fourth-order valence-corrected chi connectivity index (χ4v) is 4.27. The Labute approximate surface area is 121 Å². The molecule has 1 aromatic rings. The number of nitrogens with two attached hydrogens (primary N) is 1. The average molecular weight is 274 g/mol. The van der Waals surface area contributed by atoms with Gasteiger partial charge in [0.25, 0.3) is 0 Å². The molecule has 2 aliphatic rings. The maximum atomic E-state index is 6.04. The number of fused-ring (bicyclic) bond motifs is 2. The normalized spacial score (nSPS) is 28.0. The quantitative estimate of drug-likeness (QED) is 0.897. The number of rotatable bonds is 5. The zero-order chi connectivity index (χ0) is 14.1. The monoisotopic (exact) mass is 274 g/mol. The Bertz CT molecular complexity index is 474. The third-order valence-corrected chi connectivity index (χ3v) is 5.21. The van der Waals surface area contributed by atoms with Crippen molar-refractivity contribution in [2.24, 2.45) is 17.8 Å². The second kappa shape index (κ2) is 5.58. The van der Waals surface area contributed by atoms with E-state index in [2.05, 4.69) is 28.8 Å². The molecule has 0 aliphatic heterocycles. The van der Waals surface area contributed by atoms with E-state index in [9.17, 15) is 0 Å². The van der Waals surface area contributed by atoms with Crippen LogP contribution < -0.4 is 10.6 Å². The number of hydrogen-bond donors (Lipinski definition) is 1. The molecule has 1 heterocycles. The van der Waals surface area contributed by atoms with E-state index in [0.717, 1.165) is 48.5 Å². The lowest BCUT2D eigenvalue weighted by molar-refractivity contribution is 0.337. The molecule has 2 fully saturated rings. The molecule has 110 valence electrons. The predicted octanol–water partition coefficient (Wildman–Crippen LogP) is 2.88. The van der Waals surface area contributed by atoms with Gasteiger partial charge in [-0.2, -0.15) is 0 Å². The zero-order valence-electron chi connectivity index (χ0n) is 12.7. The summed E-state index contributed by atoms with van der Waals surface area (Å²) in [5, 5.41) is 0. The minimum absolute atomic E-state index is 0.650. The first-order valence-corrected chi connectivity index (χ1v) is 7.99. The molecule has 3 rings (SSSR count). The molecule has 2 N–H and O–H groups in total. The van der Waals surface area contributed by atoms with Gasteiger partial charge in [-0.25, -0.2) is 9.97 Å². The van der Waals surface area contributed by atoms with Crippen LogP contribution in [0, 0.1) is 17.8 Å². The second-order valence-corrected chi connectivity index (χ2v) is 6.63. The van der Waals surface area contributed by atoms with Crippen LogP contribution in [0.4, 0.5) is 11.6 Å². The molecule has 4 nitrogen and oxygen atoms in total. The lowest BCUT2D eigenvalue weighted by atomic mass is 9.88. The van der Waals surface area contributed by atoms with Gasteiger partial charge >= 0.3 is 0 Å². The van der Waals surface area contributed by atoms with Gasteiger partial charge in [0.1, 0.15) is 18.0 Å². The summed E-state index contributed by atoms with van der Waals surface area (Å²) < 4.78 is 0. The second-order valence-electron chi connectivity index (χ2n) is 6.63. The minimum atomic E-state index is 0.650. The van der Waals surface area contributed by atoms with Gasteiger partial charge in [0, 0.05) is 19.2 Å². The molecule has 3 unspecified atom stereocenters. The maximum Gasteiger partial charge on any atom is 0.137 e. The molecule has 3 atom stereocenters. The summed E-state index contributed by atoms with van der Waals surface area (Å²) in [7, 11) is 2.16. The van der Waals surface area contributed by atoms with Crippen LogP contribution in [-0.2, 0) is 6.42 Å². The Morgan fingerprint density at radius 1 is 1.30 bits per heavy atom. The molecule has 2 saturated carbocycles. The van der Waals surface area contributed by atoms with Crippen molar-refractivity contribution in [1.29, 1.82) is 0 Å². The van der Waals surface area contributed by atoms with E-state index in [4.69, 9.17) is 5.73 Å². The van der Waals surface area contributed by atoms with Crippen LogP contribution in [0.2, 0.25) is 0 Å². The molecular weight excluding hydrogens is 248 g/mol. The average Bonchev–Trinajstić information content (AvgIpc) is 3.03. The fourth-order valence-electron chi connectivity index (χ4n) is 4.27. The van der Waals surface area contributed by atoms with E-state index in [1.54, 1.807) is 6.33 Å². The minimum Gasteiger partial charge on any atom is -0.383 e. The Morgan fingerprint density at radius 2 is 2.15 bits per heavy atom. The van der Waals surface area contributed by atoms with Crippen LogP contribution in [0.3, 0.4) is 0 Å². The summed E-state index contributed by atoms with van der Waals surface area (Å²) in [6, 6.07) is 0. The molecule has 0 amide bonds. The van der Waals surface area contributed by atoms with Gasteiger partial charge in [0.2, 0.25) is 0 Å². The summed E-state index contributed by atoms with van der Waals surface area (Å²) >= 11 is 0. The smallest absolute Gasteiger partial charge is 0.137 e. The predicted molar refractivity (Wildman–Crippen MR) is 82.6 cm³/mol. The van der Waals surface area contributed by atoms with E-state index < -0.39 is 0 Å². The number of hydrogen-bond acceptors (Lipinski definition) is 4. The van der Waals surface area contributed by atoms with Crippen molar-refractivity contribution in [3.8, 4) is 0 Å². The van der Waals surface area contributed by atoms with Gasteiger partial charge in [0.15, 0.2) is 0 Å². The van der Waals surface area contributed by atoms with Crippen molar-refractivity contribution < 1.29 is 0 Å². The van der Waals surface area contributed by atoms with Gasteiger partial charge in [-0.1, -0.05) is 19.8 Å². The summed E-state index contributed by atoms with van der Waals surface area (Å²) in [5.41, 5.74) is 7.16. The van der Waals surface area contributed by atoms with Gasteiger partial charge in [-0.05, 0) is 43.4 Å². The van der Waals surface area contributed by atoms with E-state index in [1.807, 2.05) is 0 Å². The zero-order valence-corrected chi connectivity index (χ0v) is 12.7. The van der Waals surface area contributed by atoms with Crippen molar-refractivity contribution in [3.63, 3.8) is 0 Å². The molecule has 0 aromatic carbocycles. The van der Waals surface area contributed by atoms with Crippen molar-refractivity contribution in [2.75, 3.05) is 24.2 Å². The lowest BCUT2D eigenvalue weighted by Gasteiger charge is -2.29. The molecular formula is C16H26N4. The number of nitrogen functional groups attached to an aromatic ring is 1. The summed E-state index contributed by atoms with van der Waals surface area (Å²) in [5.74, 6) is 4.50. The highest BCUT2D eigenvalue weighted by molar-refractivity contribution is 5.56. The SMILES string of the molecule is CCCc1c(N)ncnc1N(C)CC1CC2CCC1C2. The first-order valence-electron chi connectivity index (χ1n) is 7.99. The van der Waals surface area contributed by atoms with Crippen molar-refractivity contribution in [3.05, 3.63) is 11.9 Å². The molecule has 2 aliphatic carbocycles. The van der Waals surface area contributed by atoms with Crippen LogP contribution in [0.25, 0.3) is 0 Å². The van der Waals surface area contributed by atoms with Crippen LogP contribution in [-0.4, -0.2) is 23.6 Å². The van der Waals surface area contributed by atoms with Gasteiger partial charge in [0.05, 0.1) is 0 Å². The molecule has 1 aromatic heterocycles. The van der Waals surface area contributed by atoms with Gasteiger partial charge in [-0.15, -0.1) is 0 Å². The largest absolute Gasteiger partial charge is 0.383 e. The molecule has 20 heavy (non-hydrogen) atoms. The van der Waals surface area contributed by atoms with Crippen LogP contribution in [0.5, 0.6) is 0 Å². The first kappa shape index (κ1) is 13.7. The van der Waals surface area contributed by atoms with Crippen LogP contribution >= 0.6 is 0 Å². The highest BCUT2D eigenvalue weighted by atomic mass is 15.2. The molecule has 0 spiro atoms. The highest BCUT2D eigenvalue weighted by Gasteiger charge is 2.39. The Kier molecular flexibility index (Phi) is 3.81. The van der Waals surface area contributed by atoms with Gasteiger partial charge < -0.3 is 10.6 Å². The van der Waals surface area contributed by atoms with Gasteiger partial charge in [-0.3, -0.25) is 0 Å². The standard InChI is InChI=1S/C16H26N4/c1-3-4-14-15(17)18-10-19-16(14)20(2)9-13-8-11-5-6-12(13)7-11/h10-13H,3-9H2,1-2H3,(H2,17,18,19). The van der Waals surface area contributed by atoms with E-state index in [0.29, 0.717) is 5.82 Å². The fraction of sp³-hybridized carbons (Fsp3) is 0.750.